The van der Waals surface area contributed by atoms with E-state index in [2.05, 4.69) is 16.3 Å². The average molecular weight is 221 g/mol. The fourth-order valence-electron chi connectivity index (χ4n) is 1.31. The molecule has 0 saturated heterocycles. The SMILES string of the molecule is C=C(CCc1cnccc1C(=O)OC)OC. The van der Waals surface area contributed by atoms with Crippen molar-refractivity contribution in [1.29, 1.82) is 0 Å². The summed E-state index contributed by atoms with van der Waals surface area (Å²) in [6, 6.07) is 1.65. The van der Waals surface area contributed by atoms with Gasteiger partial charge in [0.05, 0.1) is 25.5 Å². The molecule has 0 aromatic carbocycles. The van der Waals surface area contributed by atoms with Crippen molar-refractivity contribution in [2.45, 2.75) is 12.8 Å². The number of carbonyl (C=O) groups is 1. The normalized spacial score (nSPS) is 9.62. The Labute approximate surface area is 94.9 Å². The van der Waals surface area contributed by atoms with Crippen LogP contribution < -0.4 is 0 Å². The largest absolute Gasteiger partial charge is 0.502 e. The minimum atomic E-state index is -0.347. The Morgan fingerprint density at radius 3 is 2.81 bits per heavy atom. The quantitative estimate of drug-likeness (QED) is 0.563. The van der Waals surface area contributed by atoms with Gasteiger partial charge in [-0.25, -0.2) is 4.79 Å². The van der Waals surface area contributed by atoms with Crippen LogP contribution in [0.5, 0.6) is 0 Å². The topological polar surface area (TPSA) is 48.4 Å². The number of carbonyl (C=O) groups excluding carboxylic acids is 1. The second kappa shape index (κ2) is 5.90. The van der Waals surface area contributed by atoms with Crippen LogP contribution >= 0.6 is 0 Å². The average Bonchev–Trinajstić information content (AvgIpc) is 2.35. The Morgan fingerprint density at radius 1 is 1.44 bits per heavy atom. The molecule has 0 radical (unpaired) electrons. The number of aromatic nitrogens is 1. The Morgan fingerprint density at radius 2 is 2.19 bits per heavy atom. The second-order valence-corrected chi connectivity index (χ2v) is 3.27. The van der Waals surface area contributed by atoms with Gasteiger partial charge in [-0.3, -0.25) is 4.98 Å². The van der Waals surface area contributed by atoms with Crippen molar-refractivity contribution in [2.24, 2.45) is 0 Å². The van der Waals surface area contributed by atoms with Crippen molar-refractivity contribution in [2.75, 3.05) is 14.2 Å². The lowest BCUT2D eigenvalue weighted by atomic mass is 10.1. The molecule has 1 aromatic rings. The maximum Gasteiger partial charge on any atom is 0.338 e. The van der Waals surface area contributed by atoms with E-state index in [1.807, 2.05) is 0 Å². The van der Waals surface area contributed by atoms with Crippen LogP contribution in [-0.4, -0.2) is 25.2 Å². The summed E-state index contributed by atoms with van der Waals surface area (Å²) in [7, 11) is 2.94. The highest BCUT2D eigenvalue weighted by molar-refractivity contribution is 5.90. The first-order valence-corrected chi connectivity index (χ1v) is 4.92. The minimum absolute atomic E-state index is 0.347. The lowest BCUT2D eigenvalue weighted by Gasteiger charge is -2.07. The molecule has 4 nitrogen and oxygen atoms in total. The zero-order valence-electron chi connectivity index (χ0n) is 9.53. The van der Waals surface area contributed by atoms with Crippen molar-refractivity contribution in [3.63, 3.8) is 0 Å². The van der Waals surface area contributed by atoms with Crippen molar-refractivity contribution in [3.05, 3.63) is 41.9 Å². The zero-order valence-corrected chi connectivity index (χ0v) is 9.53. The molecular formula is C12H15NO3. The molecule has 4 heteroatoms. The van der Waals surface area contributed by atoms with Crippen molar-refractivity contribution >= 4 is 5.97 Å². The number of ether oxygens (including phenoxy) is 2. The number of pyridine rings is 1. The maximum atomic E-state index is 11.4. The van der Waals surface area contributed by atoms with Gasteiger partial charge in [0, 0.05) is 18.8 Å². The van der Waals surface area contributed by atoms with E-state index in [1.54, 1.807) is 25.6 Å². The molecule has 16 heavy (non-hydrogen) atoms. The van der Waals surface area contributed by atoms with Crippen LogP contribution in [0.15, 0.2) is 30.8 Å². The van der Waals surface area contributed by atoms with Crippen LogP contribution in [0.1, 0.15) is 22.3 Å². The smallest absolute Gasteiger partial charge is 0.338 e. The molecule has 0 unspecified atom stereocenters. The predicted octanol–water partition coefficient (Wildman–Crippen LogP) is 1.96. The monoisotopic (exact) mass is 221 g/mol. The van der Waals surface area contributed by atoms with E-state index in [-0.39, 0.29) is 5.97 Å². The zero-order chi connectivity index (χ0) is 12.0. The van der Waals surface area contributed by atoms with E-state index >= 15 is 0 Å². The third-order valence-corrected chi connectivity index (χ3v) is 2.27. The predicted molar refractivity (Wildman–Crippen MR) is 60.0 cm³/mol. The van der Waals surface area contributed by atoms with Gasteiger partial charge in [-0.1, -0.05) is 6.58 Å². The number of nitrogens with zero attached hydrogens (tertiary/aromatic N) is 1. The second-order valence-electron chi connectivity index (χ2n) is 3.27. The van der Waals surface area contributed by atoms with Gasteiger partial charge < -0.3 is 9.47 Å². The molecule has 1 rings (SSSR count). The van der Waals surface area contributed by atoms with Gasteiger partial charge in [0.15, 0.2) is 0 Å². The molecule has 0 N–H and O–H groups in total. The van der Waals surface area contributed by atoms with Crippen LogP contribution in [0.4, 0.5) is 0 Å². The molecule has 0 aliphatic heterocycles. The first-order valence-electron chi connectivity index (χ1n) is 4.92. The molecule has 0 spiro atoms. The van der Waals surface area contributed by atoms with Gasteiger partial charge in [-0.2, -0.15) is 0 Å². The molecule has 0 fully saturated rings. The number of rotatable bonds is 5. The van der Waals surface area contributed by atoms with Crippen LogP contribution in [-0.2, 0) is 15.9 Å². The molecule has 0 atom stereocenters. The number of allylic oxidation sites excluding steroid dienone is 1. The Kier molecular flexibility index (Phi) is 4.51. The number of aryl methyl sites for hydroxylation is 1. The highest BCUT2D eigenvalue weighted by atomic mass is 16.5. The van der Waals surface area contributed by atoms with Crippen LogP contribution in [0.25, 0.3) is 0 Å². The van der Waals surface area contributed by atoms with E-state index < -0.39 is 0 Å². The number of methoxy groups -OCH3 is 2. The summed E-state index contributed by atoms with van der Waals surface area (Å²) in [6.45, 7) is 3.72. The minimum Gasteiger partial charge on any atom is -0.502 e. The molecule has 0 saturated carbocycles. The number of hydrogen-bond acceptors (Lipinski definition) is 4. The van der Waals surface area contributed by atoms with Gasteiger partial charge in [0.25, 0.3) is 0 Å². The Balaban J connectivity index is 2.79. The van der Waals surface area contributed by atoms with E-state index in [4.69, 9.17) is 4.74 Å². The summed E-state index contributed by atoms with van der Waals surface area (Å²) in [6.07, 6.45) is 4.55. The fourth-order valence-corrected chi connectivity index (χ4v) is 1.31. The lowest BCUT2D eigenvalue weighted by molar-refractivity contribution is 0.0599. The molecule has 1 aromatic heterocycles. The van der Waals surface area contributed by atoms with Gasteiger partial charge >= 0.3 is 5.97 Å². The standard InChI is InChI=1S/C12H15NO3/c1-9(15-2)4-5-10-8-13-7-6-11(10)12(14)16-3/h6-8H,1,4-5H2,2-3H3. The highest BCUT2D eigenvalue weighted by Gasteiger charge is 2.11. The van der Waals surface area contributed by atoms with Crippen LogP contribution in [0.3, 0.4) is 0 Å². The molecule has 0 amide bonds. The van der Waals surface area contributed by atoms with Crippen LogP contribution in [0, 0.1) is 0 Å². The van der Waals surface area contributed by atoms with E-state index in [0.29, 0.717) is 24.2 Å². The molecule has 86 valence electrons. The van der Waals surface area contributed by atoms with Crippen LogP contribution in [0.2, 0.25) is 0 Å². The van der Waals surface area contributed by atoms with Crippen molar-refractivity contribution in [1.82, 2.24) is 4.98 Å². The summed E-state index contributed by atoms with van der Waals surface area (Å²) in [5.41, 5.74) is 1.38. The Hall–Kier alpha value is -1.84. The van der Waals surface area contributed by atoms with E-state index in [1.165, 1.54) is 7.11 Å². The first kappa shape index (κ1) is 12.2. The molecular weight excluding hydrogens is 206 g/mol. The van der Waals surface area contributed by atoms with Gasteiger partial charge in [0.1, 0.15) is 0 Å². The lowest BCUT2D eigenvalue weighted by Crippen LogP contribution is -2.06. The third-order valence-electron chi connectivity index (χ3n) is 2.27. The summed E-state index contributed by atoms with van der Waals surface area (Å²) in [4.78, 5) is 15.4. The van der Waals surface area contributed by atoms with E-state index in [9.17, 15) is 4.79 Å². The maximum absolute atomic E-state index is 11.4. The van der Waals surface area contributed by atoms with Gasteiger partial charge in [0.2, 0.25) is 0 Å². The number of esters is 1. The summed E-state index contributed by atoms with van der Waals surface area (Å²) in [5.74, 6) is 0.333. The van der Waals surface area contributed by atoms with Crippen molar-refractivity contribution < 1.29 is 14.3 Å². The molecule has 1 heterocycles. The van der Waals surface area contributed by atoms with Gasteiger partial charge in [-0.15, -0.1) is 0 Å². The first-order chi connectivity index (χ1) is 7.69. The third kappa shape index (κ3) is 3.08. The number of hydrogen-bond donors (Lipinski definition) is 0. The molecule has 0 aliphatic rings. The summed E-state index contributed by atoms with van der Waals surface area (Å²) < 4.78 is 9.66. The Bertz CT molecular complexity index is 388. The fraction of sp³-hybridized carbons (Fsp3) is 0.333. The van der Waals surface area contributed by atoms with Gasteiger partial charge in [-0.05, 0) is 18.1 Å². The van der Waals surface area contributed by atoms with E-state index in [0.717, 1.165) is 5.56 Å². The summed E-state index contributed by atoms with van der Waals surface area (Å²) >= 11 is 0. The molecule has 0 aliphatic carbocycles. The molecule has 0 bridgehead atoms. The highest BCUT2D eigenvalue weighted by Crippen LogP contribution is 2.13. The van der Waals surface area contributed by atoms with Crippen molar-refractivity contribution in [3.8, 4) is 0 Å². The summed E-state index contributed by atoms with van der Waals surface area (Å²) in [5, 5.41) is 0.